The molecule has 1 N–H and O–H groups in total. The highest BCUT2D eigenvalue weighted by Crippen LogP contribution is 1.83. The Hall–Kier alpha value is -0.450. The van der Waals surface area contributed by atoms with Crippen molar-refractivity contribution in [1.29, 1.82) is 0 Å². The predicted molar refractivity (Wildman–Crippen MR) is 57.6 cm³/mol. The van der Waals surface area contributed by atoms with Gasteiger partial charge in [-0.1, -0.05) is 13.8 Å². The Kier molecular flexibility index (Phi) is 10.3. The molecule has 0 aliphatic rings. The van der Waals surface area contributed by atoms with Crippen LogP contribution in [0.2, 0.25) is 0 Å². The number of carbonyl (C=O) groups is 1. The van der Waals surface area contributed by atoms with E-state index >= 15 is 0 Å². The maximum atomic E-state index is 10.8. The SMILES string of the molecule is CCNCCOCCOCC(=O)CC.[HH]. The average Bonchev–Trinajstić information content (AvgIpc) is 2.21. The number of likely N-dealkylation sites (N-methyl/N-ethyl adjacent to an activating group) is 1. The summed E-state index contributed by atoms with van der Waals surface area (Å²) in [4.78, 5) is 10.8. The standard InChI is InChI=1S/C10H21NO3.H2/c1-3-10(12)9-14-8-7-13-6-5-11-4-2;/h11H,3-9H2,1-2H3;1H. The van der Waals surface area contributed by atoms with E-state index in [1.807, 2.05) is 6.92 Å². The van der Waals surface area contributed by atoms with Gasteiger partial charge in [0, 0.05) is 14.4 Å². The molecule has 14 heavy (non-hydrogen) atoms. The molecule has 0 radical (unpaired) electrons. The van der Waals surface area contributed by atoms with E-state index in [2.05, 4.69) is 12.2 Å². The summed E-state index contributed by atoms with van der Waals surface area (Å²) in [7, 11) is 0. The first kappa shape index (κ1) is 13.5. The lowest BCUT2D eigenvalue weighted by Crippen LogP contribution is -2.20. The molecule has 4 nitrogen and oxygen atoms in total. The van der Waals surface area contributed by atoms with Gasteiger partial charge in [-0.2, -0.15) is 0 Å². The van der Waals surface area contributed by atoms with Crippen molar-refractivity contribution in [3.8, 4) is 0 Å². The molecule has 0 amide bonds. The largest absolute Gasteiger partial charge is 0.378 e. The van der Waals surface area contributed by atoms with Crippen molar-refractivity contribution in [3.05, 3.63) is 0 Å². The lowest BCUT2D eigenvalue weighted by molar-refractivity contribution is -0.123. The molecule has 0 fully saturated rings. The van der Waals surface area contributed by atoms with Crippen molar-refractivity contribution >= 4 is 5.78 Å². The summed E-state index contributed by atoms with van der Waals surface area (Å²) in [6.45, 7) is 7.68. The molecule has 0 atom stereocenters. The molecule has 4 heteroatoms. The molecule has 0 rings (SSSR count). The number of ether oxygens (including phenoxy) is 2. The highest BCUT2D eigenvalue weighted by Gasteiger charge is 1.96. The van der Waals surface area contributed by atoms with E-state index in [1.54, 1.807) is 0 Å². The third-order valence-corrected chi connectivity index (χ3v) is 1.70. The monoisotopic (exact) mass is 205 g/mol. The van der Waals surface area contributed by atoms with Crippen LogP contribution in [0.1, 0.15) is 21.7 Å². The minimum Gasteiger partial charge on any atom is -0.378 e. The Bertz CT molecular complexity index is 145. The molecule has 0 aromatic carbocycles. The third kappa shape index (κ3) is 9.64. The molecule has 0 aromatic heterocycles. The molecule has 0 aliphatic heterocycles. The maximum absolute atomic E-state index is 10.8. The van der Waals surface area contributed by atoms with Crippen molar-refractivity contribution < 1.29 is 15.7 Å². The number of hydrogen-bond donors (Lipinski definition) is 1. The van der Waals surface area contributed by atoms with Crippen molar-refractivity contribution in [3.63, 3.8) is 0 Å². The summed E-state index contributed by atoms with van der Waals surface area (Å²) >= 11 is 0. The van der Waals surface area contributed by atoms with Gasteiger partial charge in [0.1, 0.15) is 6.61 Å². The van der Waals surface area contributed by atoms with Crippen LogP contribution < -0.4 is 5.32 Å². The smallest absolute Gasteiger partial charge is 0.158 e. The zero-order valence-electron chi connectivity index (χ0n) is 9.17. The first-order valence-electron chi connectivity index (χ1n) is 5.19. The highest BCUT2D eigenvalue weighted by molar-refractivity contribution is 5.79. The summed E-state index contributed by atoms with van der Waals surface area (Å²) in [6, 6.07) is 0. The second-order valence-corrected chi connectivity index (χ2v) is 2.91. The van der Waals surface area contributed by atoms with E-state index in [4.69, 9.17) is 9.47 Å². The van der Waals surface area contributed by atoms with Crippen LogP contribution in [0.5, 0.6) is 0 Å². The van der Waals surface area contributed by atoms with Gasteiger partial charge in [0.05, 0.1) is 19.8 Å². The average molecular weight is 205 g/mol. The zero-order chi connectivity index (χ0) is 10.6. The second kappa shape index (κ2) is 10.6. The molecule has 0 spiro atoms. The number of hydrogen-bond acceptors (Lipinski definition) is 4. The van der Waals surface area contributed by atoms with Gasteiger partial charge in [-0.3, -0.25) is 4.79 Å². The molecule has 0 saturated heterocycles. The predicted octanol–water partition coefficient (Wildman–Crippen LogP) is 0.854. The first-order valence-corrected chi connectivity index (χ1v) is 5.19. The van der Waals surface area contributed by atoms with Crippen LogP contribution in [-0.4, -0.2) is 45.3 Å². The number of rotatable bonds is 10. The lowest BCUT2D eigenvalue weighted by Gasteiger charge is -2.05. The van der Waals surface area contributed by atoms with Crippen molar-refractivity contribution in [2.24, 2.45) is 0 Å². The Labute approximate surface area is 87.4 Å². The van der Waals surface area contributed by atoms with Crippen LogP contribution in [-0.2, 0) is 14.3 Å². The van der Waals surface area contributed by atoms with Gasteiger partial charge in [-0.05, 0) is 6.54 Å². The fourth-order valence-electron chi connectivity index (χ4n) is 0.829. The van der Waals surface area contributed by atoms with E-state index in [0.717, 1.165) is 13.1 Å². The van der Waals surface area contributed by atoms with Crippen LogP contribution in [0.3, 0.4) is 0 Å². The normalized spacial score (nSPS) is 10.4. The molecular formula is C10H23NO3. The van der Waals surface area contributed by atoms with Crippen molar-refractivity contribution in [2.45, 2.75) is 20.3 Å². The van der Waals surface area contributed by atoms with Gasteiger partial charge in [-0.25, -0.2) is 0 Å². The van der Waals surface area contributed by atoms with Crippen LogP contribution in [0.4, 0.5) is 0 Å². The van der Waals surface area contributed by atoms with E-state index in [9.17, 15) is 4.79 Å². The van der Waals surface area contributed by atoms with Crippen molar-refractivity contribution in [1.82, 2.24) is 5.32 Å². The minimum absolute atomic E-state index is 0. The summed E-state index contributed by atoms with van der Waals surface area (Å²) in [5.41, 5.74) is 0. The van der Waals surface area contributed by atoms with Gasteiger partial charge < -0.3 is 14.8 Å². The topological polar surface area (TPSA) is 47.6 Å². The summed E-state index contributed by atoms with van der Waals surface area (Å²) in [5.74, 6) is 0.137. The van der Waals surface area contributed by atoms with Crippen LogP contribution >= 0.6 is 0 Å². The molecule has 86 valence electrons. The molecular weight excluding hydrogens is 182 g/mol. The zero-order valence-corrected chi connectivity index (χ0v) is 9.17. The third-order valence-electron chi connectivity index (χ3n) is 1.70. The molecule has 0 bridgehead atoms. The van der Waals surface area contributed by atoms with E-state index in [0.29, 0.717) is 26.2 Å². The summed E-state index contributed by atoms with van der Waals surface area (Å²) in [6.07, 6.45) is 0.543. The van der Waals surface area contributed by atoms with Gasteiger partial charge in [0.15, 0.2) is 5.78 Å². The maximum Gasteiger partial charge on any atom is 0.158 e. The molecule has 0 saturated carbocycles. The number of Topliss-reactive ketones (excluding diaryl/α,β-unsaturated/α-hetero) is 1. The molecule has 0 heterocycles. The first-order chi connectivity index (χ1) is 6.81. The fourth-order valence-corrected chi connectivity index (χ4v) is 0.829. The highest BCUT2D eigenvalue weighted by atomic mass is 16.5. The van der Waals surface area contributed by atoms with Crippen LogP contribution in [0.25, 0.3) is 0 Å². The van der Waals surface area contributed by atoms with Gasteiger partial charge in [0.2, 0.25) is 0 Å². The van der Waals surface area contributed by atoms with Gasteiger partial charge >= 0.3 is 0 Å². The molecule has 0 aliphatic carbocycles. The number of nitrogens with one attached hydrogen (secondary N) is 1. The lowest BCUT2D eigenvalue weighted by atomic mass is 10.3. The summed E-state index contributed by atoms with van der Waals surface area (Å²) < 4.78 is 10.4. The van der Waals surface area contributed by atoms with E-state index in [-0.39, 0.29) is 13.8 Å². The van der Waals surface area contributed by atoms with Crippen LogP contribution in [0.15, 0.2) is 0 Å². The van der Waals surface area contributed by atoms with Crippen LogP contribution in [0, 0.1) is 0 Å². The second-order valence-electron chi connectivity index (χ2n) is 2.91. The Morgan fingerprint density at radius 2 is 1.93 bits per heavy atom. The summed E-state index contributed by atoms with van der Waals surface area (Å²) in [5, 5.41) is 3.15. The number of ketones is 1. The van der Waals surface area contributed by atoms with Gasteiger partial charge in [0.25, 0.3) is 0 Å². The number of carbonyl (C=O) groups excluding carboxylic acids is 1. The Morgan fingerprint density at radius 3 is 2.57 bits per heavy atom. The minimum atomic E-state index is 0. The Morgan fingerprint density at radius 1 is 1.21 bits per heavy atom. The fraction of sp³-hybridized carbons (Fsp3) is 0.900. The molecule has 0 aromatic rings. The van der Waals surface area contributed by atoms with Crippen molar-refractivity contribution in [2.75, 3.05) is 39.5 Å². The van der Waals surface area contributed by atoms with E-state index < -0.39 is 0 Å². The van der Waals surface area contributed by atoms with E-state index in [1.165, 1.54) is 0 Å². The molecule has 0 unspecified atom stereocenters. The quantitative estimate of drug-likeness (QED) is 0.537. The Balaban J connectivity index is 0. The van der Waals surface area contributed by atoms with Gasteiger partial charge in [-0.15, -0.1) is 0 Å².